The summed E-state index contributed by atoms with van der Waals surface area (Å²) in [6, 6.07) is 6.66. The van der Waals surface area contributed by atoms with E-state index in [0.717, 1.165) is 40.2 Å². The monoisotopic (exact) mass is 470 g/mol. The van der Waals surface area contributed by atoms with E-state index in [4.69, 9.17) is 9.72 Å². The maximum absolute atomic E-state index is 12.3. The van der Waals surface area contributed by atoms with Crippen molar-refractivity contribution in [3.05, 3.63) is 34.7 Å². The van der Waals surface area contributed by atoms with Crippen molar-refractivity contribution in [2.45, 2.75) is 76.5 Å². The summed E-state index contributed by atoms with van der Waals surface area (Å²) in [5.74, 6) is 1.72. The lowest BCUT2D eigenvalue weighted by molar-refractivity contribution is 0.0505. The minimum absolute atomic E-state index is 0.120. The van der Waals surface area contributed by atoms with Crippen LogP contribution in [0.25, 0.3) is 21.9 Å². The van der Waals surface area contributed by atoms with Gasteiger partial charge in [0.2, 0.25) is 0 Å². The highest BCUT2D eigenvalue weighted by molar-refractivity contribution is 9.10. The first-order valence-corrected chi connectivity index (χ1v) is 11.5. The van der Waals surface area contributed by atoms with Gasteiger partial charge in [-0.05, 0) is 71.1 Å². The van der Waals surface area contributed by atoms with E-state index in [2.05, 4.69) is 42.9 Å². The molecular formula is C23H27BrN4O2. The van der Waals surface area contributed by atoms with E-state index in [-0.39, 0.29) is 12.1 Å². The summed E-state index contributed by atoms with van der Waals surface area (Å²) in [6.07, 6.45) is 6.82. The predicted molar refractivity (Wildman–Crippen MR) is 121 cm³/mol. The Labute approximate surface area is 184 Å². The molecule has 2 heterocycles. The van der Waals surface area contributed by atoms with Crippen LogP contribution in [0.15, 0.2) is 28.9 Å². The second kappa shape index (κ2) is 7.22. The summed E-state index contributed by atoms with van der Waals surface area (Å²) < 4.78 is 8.96. The fourth-order valence-corrected chi connectivity index (χ4v) is 4.92. The molecule has 0 spiro atoms. The van der Waals surface area contributed by atoms with Crippen molar-refractivity contribution in [3.8, 4) is 0 Å². The summed E-state index contributed by atoms with van der Waals surface area (Å²) in [6.45, 7) is 5.67. The van der Waals surface area contributed by atoms with Crippen LogP contribution in [0.2, 0.25) is 0 Å². The molecule has 2 saturated carbocycles. The molecule has 1 amide bonds. The van der Waals surface area contributed by atoms with Crippen molar-refractivity contribution < 1.29 is 9.53 Å². The van der Waals surface area contributed by atoms with Crippen LogP contribution < -0.4 is 5.32 Å². The Bertz CT molecular complexity index is 1130. The molecule has 2 aromatic heterocycles. The van der Waals surface area contributed by atoms with Crippen LogP contribution in [0.3, 0.4) is 0 Å². The van der Waals surface area contributed by atoms with Gasteiger partial charge in [0.15, 0.2) is 0 Å². The molecule has 0 unspecified atom stereocenters. The van der Waals surface area contributed by atoms with Gasteiger partial charge in [-0.1, -0.05) is 15.9 Å². The lowest BCUT2D eigenvalue weighted by Gasteiger charge is -2.22. The number of pyridine rings is 1. The largest absolute Gasteiger partial charge is 0.444 e. The lowest BCUT2D eigenvalue weighted by Crippen LogP contribution is -2.38. The predicted octanol–water partition coefficient (Wildman–Crippen LogP) is 5.84. The first-order chi connectivity index (χ1) is 14.3. The van der Waals surface area contributed by atoms with Gasteiger partial charge < -0.3 is 14.6 Å². The summed E-state index contributed by atoms with van der Waals surface area (Å²) in [4.78, 5) is 21.9. The Morgan fingerprint density at radius 2 is 2.00 bits per heavy atom. The van der Waals surface area contributed by atoms with Gasteiger partial charge in [0.1, 0.15) is 16.9 Å². The molecule has 2 aliphatic carbocycles. The van der Waals surface area contributed by atoms with Gasteiger partial charge in [-0.25, -0.2) is 9.78 Å². The van der Waals surface area contributed by atoms with Crippen LogP contribution in [-0.4, -0.2) is 32.3 Å². The van der Waals surface area contributed by atoms with Crippen LogP contribution in [-0.2, 0) is 4.74 Å². The first kappa shape index (κ1) is 19.8. The number of alkyl carbamates (subject to hydrolysis) is 1. The van der Waals surface area contributed by atoms with Gasteiger partial charge in [-0.2, -0.15) is 0 Å². The van der Waals surface area contributed by atoms with Gasteiger partial charge in [0, 0.05) is 27.9 Å². The number of carbonyl (C=O) groups is 1. The van der Waals surface area contributed by atoms with Crippen LogP contribution in [0.1, 0.15) is 70.7 Å². The topological polar surface area (TPSA) is 69.0 Å². The number of imidazole rings is 1. The smallest absolute Gasteiger partial charge is 0.407 e. The second-order valence-electron chi connectivity index (χ2n) is 9.58. The Kier molecular flexibility index (Phi) is 4.76. The molecule has 1 aromatic carbocycles. The third kappa shape index (κ3) is 3.80. The molecule has 7 heteroatoms. The third-order valence-electron chi connectivity index (χ3n) is 5.94. The summed E-state index contributed by atoms with van der Waals surface area (Å²) >= 11 is 3.62. The molecule has 0 saturated heterocycles. The van der Waals surface area contributed by atoms with Crippen molar-refractivity contribution in [2.75, 3.05) is 0 Å². The summed E-state index contributed by atoms with van der Waals surface area (Å²) in [5, 5.41) is 4.20. The number of ether oxygens (including phenoxy) is 1. The number of nitrogens with zero attached hydrogens (tertiary/aromatic N) is 3. The van der Waals surface area contributed by atoms with E-state index >= 15 is 0 Å². The maximum Gasteiger partial charge on any atom is 0.407 e. The van der Waals surface area contributed by atoms with E-state index in [1.54, 1.807) is 0 Å². The number of hydrogen-bond donors (Lipinski definition) is 1. The number of fused-ring (bicyclic) bond motifs is 3. The molecule has 6 nitrogen and oxygen atoms in total. The van der Waals surface area contributed by atoms with Crippen molar-refractivity contribution in [1.82, 2.24) is 19.9 Å². The minimum atomic E-state index is -0.485. The zero-order valence-electron chi connectivity index (χ0n) is 17.6. The molecule has 30 heavy (non-hydrogen) atoms. The molecule has 2 fully saturated rings. The molecule has 2 aliphatic rings. The Balaban J connectivity index is 1.50. The van der Waals surface area contributed by atoms with Gasteiger partial charge in [-0.3, -0.25) is 4.98 Å². The first-order valence-electron chi connectivity index (χ1n) is 10.7. The highest BCUT2D eigenvalue weighted by atomic mass is 79.9. The summed E-state index contributed by atoms with van der Waals surface area (Å²) in [5.41, 5.74) is 2.63. The van der Waals surface area contributed by atoms with E-state index in [0.29, 0.717) is 12.0 Å². The standard InChI is InChI=1S/C23H27BrN4O2/c1-23(2,3)30-22(29)26-15-7-8-16(11-15)28-20-17-10-14(24)6-9-18(17)25-12-19(20)27-21(28)13-4-5-13/h6,9-10,12-13,15-16H,4-5,7-8,11H2,1-3H3,(H,26,29)/t15-,16-/m1/s1. The number of rotatable bonds is 3. The van der Waals surface area contributed by atoms with Crippen LogP contribution in [0, 0.1) is 0 Å². The van der Waals surface area contributed by atoms with Crippen LogP contribution >= 0.6 is 15.9 Å². The van der Waals surface area contributed by atoms with Crippen LogP contribution in [0.5, 0.6) is 0 Å². The number of carbonyl (C=O) groups excluding carboxylic acids is 1. The van der Waals surface area contributed by atoms with Gasteiger partial charge in [0.25, 0.3) is 0 Å². The van der Waals surface area contributed by atoms with E-state index in [1.807, 2.05) is 33.0 Å². The second-order valence-corrected chi connectivity index (χ2v) is 10.5. The highest BCUT2D eigenvalue weighted by Crippen LogP contribution is 2.45. The third-order valence-corrected chi connectivity index (χ3v) is 6.43. The highest BCUT2D eigenvalue weighted by Gasteiger charge is 2.36. The van der Waals surface area contributed by atoms with Crippen molar-refractivity contribution >= 4 is 44.0 Å². The fourth-order valence-electron chi connectivity index (χ4n) is 4.56. The lowest BCUT2D eigenvalue weighted by atomic mass is 10.1. The van der Waals surface area contributed by atoms with Gasteiger partial charge >= 0.3 is 6.09 Å². The van der Waals surface area contributed by atoms with E-state index in [9.17, 15) is 4.79 Å². The molecular weight excluding hydrogens is 444 g/mol. The zero-order valence-corrected chi connectivity index (χ0v) is 19.2. The van der Waals surface area contributed by atoms with Gasteiger partial charge in [-0.15, -0.1) is 0 Å². The number of nitrogens with one attached hydrogen (secondary N) is 1. The Hall–Kier alpha value is -2.15. The minimum Gasteiger partial charge on any atom is -0.444 e. The molecule has 1 N–H and O–H groups in total. The molecule has 0 aliphatic heterocycles. The zero-order chi connectivity index (χ0) is 21.0. The number of benzene rings is 1. The van der Waals surface area contributed by atoms with Crippen molar-refractivity contribution in [1.29, 1.82) is 0 Å². The number of hydrogen-bond acceptors (Lipinski definition) is 4. The fraction of sp³-hybridized carbons (Fsp3) is 0.522. The number of amides is 1. The molecule has 2 atom stereocenters. The normalized spacial score (nSPS) is 22.0. The summed E-state index contributed by atoms with van der Waals surface area (Å²) in [7, 11) is 0. The van der Waals surface area contributed by atoms with Crippen molar-refractivity contribution in [3.63, 3.8) is 0 Å². The van der Waals surface area contributed by atoms with Crippen molar-refractivity contribution in [2.24, 2.45) is 0 Å². The molecule has 0 bridgehead atoms. The molecule has 3 aromatic rings. The SMILES string of the molecule is CC(C)(C)OC(=O)N[C@@H]1CC[C@@H](n2c(C3CC3)nc3cnc4ccc(Br)cc4c32)C1. The number of halogens is 1. The molecule has 158 valence electrons. The van der Waals surface area contributed by atoms with Gasteiger partial charge in [0.05, 0.1) is 17.2 Å². The van der Waals surface area contributed by atoms with Crippen LogP contribution in [0.4, 0.5) is 4.79 Å². The molecule has 0 radical (unpaired) electrons. The van der Waals surface area contributed by atoms with E-state index < -0.39 is 5.60 Å². The molecule has 5 rings (SSSR count). The number of aromatic nitrogens is 3. The average Bonchev–Trinajstić information content (AvgIpc) is 3.28. The average molecular weight is 471 g/mol. The Morgan fingerprint density at radius 1 is 1.20 bits per heavy atom. The van der Waals surface area contributed by atoms with E-state index in [1.165, 1.54) is 24.2 Å². The maximum atomic E-state index is 12.3. The Morgan fingerprint density at radius 3 is 2.73 bits per heavy atom. The quantitative estimate of drug-likeness (QED) is 0.521.